The first-order valence-electron chi connectivity index (χ1n) is 7.72. The Kier molecular flexibility index (Phi) is 3.23. The lowest BCUT2D eigenvalue weighted by atomic mass is 9.98. The van der Waals surface area contributed by atoms with Crippen LogP contribution in [-0.4, -0.2) is 36.0 Å². The van der Waals surface area contributed by atoms with Crippen LogP contribution in [-0.2, 0) is 0 Å². The van der Waals surface area contributed by atoms with Gasteiger partial charge in [-0.3, -0.25) is 4.79 Å². The molecule has 1 aromatic carbocycles. The van der Waals surface area contributed by atoms with E-state index in [1.54, 1.807) is 11.3 Å². The van der Waals surface area contributed by atoms with Crippen molar-refractivity contribution in [1.29, 1.82) is 0 Å². The fourth-order valence-electron chi connectivity index (χ4n) is 3.84. The lowest BCUT2D eigenvalue weighted by Gasteiger charge is -2.35. The highest BCUT2D eigenvalue weighted by atomic mass is 32.1. The Morgan fingerprint density at radius 1 is 1.24 bits per heavy atom. The zero-order valence-electron chi connectivity index (χ0n) is 12.2. The lowest BCUT2D eigenvalue weighted by Crippen LogP contribution is -2.48. The van der Waals surface area contributed by atoms with E-state index in [0.29, 0.717) is 18.1 Å². The Balaban J connectivity index is 1.59. The first kappa shape index (κ1) is 13.3. The van der Waals surface area contributed by atoms with E-state index in [4.69, 9.17) is 0 Å². The molecular formula is C17H20N2OS. The Bertz CT molecular complexity index is 668. The average Bonchev–Trinajstić information content (AvgIpc) is 3.09. The van der Waals surface area contributed by atoms with Crippen molar-refractivity contribution in [1.82, 2.24) is 10.2 Å². The summed E-state index contributed by atoms with van der Waals surface area (Å²) < 4.78 is 1.19. The molecule has 2 atom stereocenters. The molecule has 2 aliphatic heterocycles. The predicted molar refractivity (Wildman–Crippen MR) is 86.9 cm³/mol. The van der Waals surface area contributed by atoms with Crippen LogP contribution in [0, 0.1) is 0 Å². The highest BCUT2D eigenvalue weighted by Crippen LogP contribution is 2.31. The summed E-state index contributed by atoms with van der Waals surface area (Å²) in [6, 6.07) is 9.79. The number of hydrogen-bond donors (Lipinski definition) is 1. The van der Waals surface area contributed by atoms with Crippen molar-refractivity contribution in [3.63, 3.8) is 0 Å². The van der Waals surface area contributed by atoms with Gasteiger partial charge in [-0.15, -0.1) is 11.3 Å². The first-order valence-corrected chi connectivity index (χ1v) is 8.60. The Morgan fingerprint density at radius 3 is 2.71 bits per heavy atom. The average molecular weight is 300 g/mol. The summed E-state index contributed by atoms with van der Waals surface area (Å²) in [6.45, 7) is 0. The molecule has 0 spiro atoms. The van der Waals surface area contributed by atoms with Crippen LogP contribution in [0.15, 0.2) is 29.6 Å². The topological polar surface area (TPSA) is 32.3 Å². The Labute approximate surface area is 128 Å². The number of rotatable bonds is 2. The van der Waals surface area contributed by atoms with Gasteiger partial charge in [-0.05, 0) is 31.7 Å². The number of amides is 1. The second kappa shape index (κ2) is 5.11. The third-order valence-electron chi connectivity index (χ3n) is 5.03. The van der Waals surface area contributed by atoms with Gasteiger partial charge in [-0.1, -0.05) is 18.2 Å². The van der Waals surface area contributed by atoms with Crippen molar-refractivity contribution in [3.8, 4) is 0 Å². The van der Waals surface area contributed by atoms with E-state index in [0.717, 1.165) is 23.8 Å². The maximum Gasteiger partial charge on any atom is 0.255 e. The SMILES string of the molecule is CN(C(=O)c1csc2ccccc12)C1CC2CCC(C1)N2. The van der Waals surface area contributed by atoms with Gasteiger partial charge in [0.15, 0.2) is 0 Å². The summed E-state index contributed by atoms with van der Waals surface area (Å²) in [4.78, 5) is 14.9. The minimum absolute atomic E-state index is 0.179. The Morgan fingerprint density at radius 2 is 1.95 bits per heavy atom. The van der Waals surface area contributed by atoms with E-state index < -0.39 is 0 Å². The molecule has 2 unspecified atom stereocenters. The van der Waals surface area contributed by atoms with Crippen molar-refractivity contribution >= 4 is 27.3 Å². The number of benzene rings is 1. The van der Waals surface area contributed by atoms with Crippen LogP contribution in [0.2, 0.25) is 0 Å². The van der Waals surface area contributed by atoms with Crippen molar-refractivity contribution < 1.29 is 4.79 Å². The van der Waals surface area contributed by atoms with E-state index in [-0.39, 0.29) is 5.91 Å². The standard InChI is InChI=1S/C17H20N2OS/c1-19(13-8-11-6-7-12(9-13)18-11)17(20)15-10-21-16-5-3-2-4-14(15)16/h2-5,10-13,18H,6-9H2,1H3. The second-order valence-electron chi connectivity index (χ2n) is 6.32. The van der Waals surface area contributed by atoms with E-state index in [1.807, 2.05) is 29.5 Å². The number of carbonyl (C=O) groups is 1. The van der Waals surface area contributed by atoms with Crippen LogP contribution in [0.1, 0.15) is 36.0 Å². The molecule has 0 saturated carbocycles. The molecule has 0 radical (unpaired) electrons. The van der Waals surface area contributed by atoms with E-state index in [1.165, 1.54) is 17.5 Å². The number of fused-ring (bicyclic) bond motifs is 3. The third kappa shape index (κ3) is 2.27. The van der Waals surface area contributed by atoms with E-state index in [9.17, 15) is 4.79 Å². The van der Waals surface area contributed by atoms with Gasteiger partial charge in [0.05, 0.1) is 5.56 Å². The van der Waals surface area contributed by atoms with Crippen LogP contribution >= 0.6 is 11.3 Å². The number of carbonyl (C=O) groups excluding carboxylic acids is 1. The molecule has 2 aromatic rings. The minimum Gasteiger partial charge on any atom is -0.339 e. The zero-order chi connectivity index (χ0) is 14.4. The Hall–Kier alpha value is -1.39. The first-order chi connectivity index (χ1) is 10.2. The third-order valence-corrected chi connectivity index (χ3v) is 5.99. The summed E-state index contributed by atoms with van der Waals surface area (Å²) in [7, 11) is 1.98. The molecule has 2 aliphatic rings. The molecule has 0 aliphatic carbocycles. The van der Waals surface area contributed by atoms with Gasteiger partial charge in [0.1, 0.15) is 0 Å². The minimum atomic E-state index is 0.179. The maximum atomic E-state index is 12.9. The van der Waals surface area contributed by atoms with Gasteiger partial charge in [-0.2, -0.15) is 0 Å². The quantitative estimate of drug-likeness (QED) is 0.923. The van der Waals surface area contributed by atoms with Crippen LogP contribution in [0.25, 0.3) is 10.1 Å². The van der Waals surface area contributed by atoms with Crippen LogP contribution in [0.3, 0.4) is 0 Å². The summed E-state index contributed by atoms with van der Waals surface area (Å²) >= 11 is 1.66. The molecule has 1 N–H and O–H groups in total. The summed E-state index contributed by atoms with van der Waals surface area (Å²) in [5.41, 5.74) is 0.865. The highest BCUT2D eigenvalue weighted by molar-refractivity contribution is 7.17. The number of piperidine rings is 1. The summed E-state index contributed by atoms with van der Waals surface area (Å²) in [6.07, 6.45) is 4.73. The van der Waals surface area contributed by atoms with Crippen LogP contribution in [0.5, 0.6) is 0 Å². The number of nitrogens with zero attached hydrogens (tertiary/aromatic N) is 1. The smallest absolute Gasteiger partial charge is 0.255 e. The monoisotopic (exact) mass is 300 g/mol. The fraction of sp³-hybridized carbons (Fsp3) is 0.471. The molecule has 21 heavy (non-hydrogen) atoms. The molecule has 2 saturated heterocycles. The molecule has 3 heterocycles. The van der Waals surface area contributed by atoms with Gasteiger partial charge in [0.25, 0.3) is 5.91 Å². The molecule has 2 bridgehead atoms. The second-order valence-corrected chi connectivity index (χ2v) is 7.24. The molecule has 3 nitrogen and oxygen atoms in total. The van der Waals surface area contributed by atoms with Crippen molar-refractivity contribution in [2.45, 2.75) is 43.8 Å². The predicted octanol–water partition coefficient (Wildman–Crippen LogP) is 3.26. The molecule has 2 fully saturated rings. The van der Waals surface area contributed by atoms with Gasteiger partial charge in [0, 0.05) is 40.6 Å². The van der Waals surface area contributed by atoms with E-state index >= 15 is 0 Å². The number of nitrogens with one attached hydrogen (secondary N) is 1. The number of hydrogen-bond acceptors (Lipinski definition) is 3. The normalized spacial score (nSPS) is 28.0. The zero-order valence-corrected chi connectivity index (χ0v) is 13.0. The molecule has 4 heteroatoms. The van der Waals surface area contributed by atoms with Gasteiger partial charge < -0.3 is 10.2 Å². The number of thiophene rings is 1. The highest BCUT2D eigenvalue weighted by Gasteiger charge is 2.36. The van der Waals surface area contributed by atoms with Crippen LogP contribution < -0.4 is 5.32 Å². The molecule has 1 amide bonds. The van der Waals surface area contributed by atoms with Crippen LogP contribution in [0.4, 0.5) is 0 Å². The largest absolute Gasteiger partial charge is 0.339 e. The maximum absolute atomic E-state index is 12.9. The van der Waals surface area contributed by atoms with Crippen molar-refractivity contribution in [2.75, 3.05) is 7.05 Å². The van der Waals surface area contributed by atoms with E-state index in [2.05, 4.69) is 17.4 Å². The summed E-state index contributed by atoms with van der Waals surface area (Å²) in [5, 5.41) is 6.75. The van der Waals surface area contributed by atoms with Crippen molar-refractivity contribution in [2.24, 2.45) is 0 Å². The van der Waals surface area contributed by atoms with Gasteiger partial charge in [-0.25, -0.2) is 0 Å². The molecule has 110 valence electrons. The molecule has 4 rings (SSSR count). The molecular weight excluding hydrogens is 280 g/mol. The fourth-order valence-corrected chi connectivity index (χ4v) is 4.78. The lowest BCUT2D eigenvalue weighted by molar-refractivity contribution is 0.0684. The molecule has 1 aromatic heterocycles. The van der Waals surface area contributed by atoms with Gasteiger partial charge in [0.2, 0.25) is 0 Å². The van der Waals surface area contributed by atoms with Crippen molar-refractivity contribution in [3.05, 3.63) is 35.2 Å². The van der Waals surface area contributed by atoms with Gasteiger partial charge >= 0.3 is 0 Å². The summed E-state index contributed by atoms with van der Waals surface area (Å²) in [5.74, 6) is 0.179.